The lowest BCUT2D eigenvalue weighted by atomic mass is 10.2. The Morgan fingerprint density at radius 1 is 1.19 bits per heavy atom. The summed E-state index contributed by atoms with van der Waals surface area (Å²) in [5, 5.41) is 9.73. The van der Waals surface area contributed by atoms with Gasteiger partial charge in [0.25, 0.3) is 5.89 Å². The van der Waals surface area contributed by atoms with Crippen LogP contribution >= 0.6 is 11.3 Å². The van der Waals surface area contributed by atoms with Crippen molar-refractivity contribution in [2.75, 3.05) is 0 Å². The number of benzene rings is 1. The van der Waals surface area contributed by atoms with Gasteiger partial charge in [0.15, 0.2) is 6.10 Å². The zero-order valence-electron chi connectivity index (χ0n) is 11.2. The summed E-state index contributed by atoms with van der Waals surface area (Å²) in [5.41, 5.74) is 0.827. The van der Waals surface area contributed by atoms with Crippen LogP contribution in [-0.2, 0) is 4.74 Å². The summed E-state index contributed by atoms with van der Waals surface area (Å²) in [6, 6.07) is 12.9. The second-order valence-electron chi connectivity index (χ2n) is 4.34. The van der Waals surface area contributed by atoms with Crippen LogP contribution in [0.1, 0.15) is 28.6 Å². The molecular weight excluding hydrogens is 288 g/mol. The van der Waals surface area contributed by atoms with E-state index in [2.05, 4.69) is 10.2 Å². The highest BCUT2D eigenvalue weighted by atomic mass is 32.1. The van der Waals surface area contributed by atoms with E-state index in [4.69, 9.17) is 9.15 Å². The number of carbonyl (C=O) groups is 1. The predicted molar refractivity (Wildman–Crippen MR) is 77.9 cm³/mol. The fourth-order valence-corrected chi connectivity index (χ4v) is 2.37. The second-order valence-corrected chi connectivity index (χ2v) is 5.28. The summed E-state index contributed by atoms with van der Waals surface area (Å²) < 4.78 is 10.9. The Bertz CT molecular complexity index is 722. The SMILES string of the molecule is CC(OC(=O)c1cccs1)c1nnc(-c2ccccc2)o1. The van der Waals surface area contributed by atoms with Crippen molar-refractivity contribution in [1.82, 2.24) is 10.2 Å². The molecule has 0 amide bonds. The van der Waals surface area contributed by atoms with Crippen LogP contribution < -0.4 is 0 Å². The number of esters is 1. The minimum absolute atomic E-state index is 0.277. The molecule has 0 spiro atoms. The van der Waals surface area contributed by atoms with Crippen LogP contribution in [0.15, 0.2) is 52.3 Å². The Balaban J connectivity index is 1.73. The molecule has 0 aliphatic carbocycles. The van der Waals surface area contributed by atoms with E-state index >= 15 is 0 Å². The fraction of sp³-hybridized carbons (Fsp3) is 0.133. The molecule has 2 heterocycles. The molecule has 0 saturated carbocycles. The third-order valence-electron chi connectivity index (χ3n) is 2.82. The average Bonchev–Trinajstić information content (AvgIpc) is 3.20. The summed E-state index contributed by atoms with van der Waals surface area (Å²) >= 11 is 1.33. The molecule has 1 atom stereocenters. The molecule has 106 valence electrons. The minimum Gasteiger partial charge on any atom is -0.448 e. The first-order chi connectivity index (χ1) is 10.2. The van der Waals surface area contributed by atoms with E-state index in [1.54, 1.807) is 19.1 Å². The quantitative estimate of drug-likeness (QED) is 0.687. The largest absolute Gasteiger partial charge is 0.448 e. The lowest BCUT2D eigenvalue weighted by molar-refractivity contribution is 0.0285. The highest BCUT2D eigenvalue weighted by molar-refractivity contribution is 7.11. The summed E-state index contributed by atoms with van der Waals surface area (Å²) in [6.45, 7) is 1.70. The number of hydrogen-bond donors (Lipinski definition) is 0. The van der Waals surface area contributed by atoms with Gasteiger partial charge >= 0.3 is 5.97 Å². The second kappa shape index (κ2) is 5.88. The number of carbonyl (C=O) groups excluding carboxylic acids is 1. The van der Waals surface area contributed by atoms with E-state index in [0.717, 1.165) is 5.56 Å². The zero-order chi connectivity index (χ0) is 14.7. The highest BCUT2D eigenvalue weighted by Crippen LogP contribution is 2.23. The van der Waals surface area contributed by atoms with Gasteiger partial charge in [-0.05, 0) is 30.5 Å². The van der Waals surface area contributed by atoms with Crippen molar-refractivity contribution in [3.05, 3.63) is 58.6 Å². The molecule has 2 aromatic heterocycles. The van der Waals surface area contributed by atoms with Gasteiger partial charge in [-0.1, -0.05) is 24.3 Å². The summed E-state index contributed by atoms with van der Waals surface area (Å²) in [5.74, 6) is 0.292. The van der Waals surface area contributed by atoms with Gasteiger partial charge in [-0.25, -0.2) is 4.79 Å². The maximum atomic E-state index is 11.9. The fourth-order valence-electron chi connectivity index (χ4n) is 1.76. The van der Waals surface area contributed by atoms with E-state index in [-0.39, 0.29) is 5.89 Å². The zero-order valence-corrected chi connectivity index (χ0v) is 12.0. The van der Waals surface area contributed by atoms with Gasteiger partial charge in [0.1, 0.15) is 4.88 Å². The molecule has 1 aromatic carbocycles. The van der Waals surface area contributed by atoms with E-state index in [1.165, 1.54) is 11.3 Å². The van der Waals surface area contributed by atoms with Crippen molar-refractivity contribution < 1.29 is 13.9 Å². The Labute approximate surface area is 125 Å². The van der Waals surface area contributed by atoms with Crippen molar-refractivity contribution in [2.24, 2.45) is 0 Å². The van der Waals surface area contributed by atoms with Crippen LogP contribution in [0.4, 0.5) is 0 Å². The monoisotopic (exact) mass is 300 g/mol. The molecule has 21 heavy (non-hydrogen) atoms. The molecule has 0 fully saturated rings. The summed E-state index contributed by atoms with van der Waals surface area (Å²) in [6.07, 6.45) is -0.593. The lowest BCUT2D eigenvalue weighted by Gasteiger charge is -2.07. The number of ether oxygens (including phenoxy) is 1. The molecule has 0 radical (unpaired) electrons. The first-order valence-electron chi connectivity index (χ1n) is 6.37. The first-order valence-corrected chi connectivity index (χ1v) is 7.25. The number of rotatable bonds is 4. The van der Waals surface area contributed by atoms with Crippen molar-refractivity contribution in [3.8, 4) is 11.5 Å². The van der Waals surface area contributed by atoms with Crippen LogP contribution in [0.2, 0.25) is 0 Å². The van der Waals surface area contributed by atoms with Gasteiger partial charge in [0.05, 0.1) is 0 Å². The summed E-state index contributed by atoms with van der Waals surface area (Å²) in [7, 11) is 0. The van der Waals surface area contributed by atoms with Gasteiger partial charge in [-0.3, -0.25) is 0 Å². The minimum atomic E-state index is -0.593. The third kappa shape index (κ3) is 3.00. The Kier molecular flexibility index (Phi) is 3.79. The average molecular weight is 300 g/mol. The van der Waals surface area contributed by atoms with Crippen LogP contribution in [0.3, 0.4) is 0 Å². The summed E-state index contributed by atoms with van der Waals surface area (Å²) in [4.78, 5) is 12.4. The number of hydrogen-bond acceptors (Lipinski definition) is 6. The van der Waals surface area contributed by atoms with E-state index in [1.807, 2.05) is 35.7 Å². The number of nitrogens with zero attached hydrogens (tertiary/aromatic N) is 2. The van der Waals surface area contributed by atoms with Crippen LogP contribution in [0.25, 0.3) is 11.5 Å². The molecule has 0 saturated heterocycles. The predicted octanol–water partition coefficient (Wildman–Crippen LogP) is 3.72. The van der Waals surface area contributed by atoms with Crippen molar-refractivity contribution in [3.63, 3.8) is 0 Å². The molecule has 0 aliphatic heterocycles. The van der Waals surface area contributed by atoms with Crippen molar-refractivity contribution in [1.29, 1.82) is 0 Å². The molecule has 3 rings (SSSR count). The molecule has 5 nitrogen and oxygen atoms in total. The Morgan fingerprint density at radius 3 is 2.71 bits per heavy atom. The normalized spacial score (nSPS) is 12.0. The van der Waals surface area contributed by atoms with Gasteiger partial charge in [-0.15, -0.1) is 21.5 Å². The Hall–Kier alpha value is -2.47. The lowest BCUT2D eigenvalue weighted by Crippen LogP contribution is -2.08. The van der Waals surface area contributed by atoms with Crippen LogP contribution in [0.5, 0.6) is 0 Å². The van der Waals surface area contributed by atoms with Crippen LogP contribution in [0, 0.1) is 0 Å². The molecule has 0 N–H and O–H groups in total. The number of thiophene rings is 1. The van der Waals surface area contributed by atoms with Gasteiger partial charge in [0, 0.05) is 5.56 Å². The van der Waals surface area contributed by atoms with Crippen molar-refractivity contribution in [2.45, 2.75) is 13.0 Å². The van der Waals surface area contributed by atoms with Gasteiger partial charge in [0.2, 0.25) is 5.89 Å². The van der Waals surface area contributed by atoms with Crippen molar-refractivity contribution >= 4 is 17.3 Å². The standard InChI is InChI=1S/C15H12N2O3S/c1-10(19-15(18)12-8-5-9-21-12)13-16-17-14(20-13)11-6-3-2-4-7-11/h2-10H,1H3. The first kappa shape index (κ1) is 13.5. The van der Waals surface area contributed by atoms with E-state index < -0.39 is 12.1 Å². The third-order valence-corrected chi connectivity index (χ3v) is 3.67. The molecule has 6 heteroatoms. The molecular formula is C15H12N2O3S. The van der Waals surface area contributed by atoms with Gasteiger partial charge < -0.3 is 9.15 Å². The maximum Gasteiger partial charge on any atom is 0.349 e. The number of aromatic nitrogens is 2. The van der Waals surface area contributed by atoms with Gasteiger partial charge in [-0.2, -0.15) is 0 Å². The molecule has 3 aromatic rings. The highest BCUT2D eigenvalue weighted by Gasteiger charge is 2.20. The molecule has 0 aliphatic rings. The Morgan fingerprint density at radius 2 is 2.00 bits per heavy atom. The maximum absolute atomic E-state index is 11.9. The van der Waals surface area contributed by atoms with E-state index in [0.29, 0.717) is 10.8 Å². The molecule has 0 bridgehead atoms. The molecule has 1 unspecified atom stereocenters. The van der Waals surface area contributed by atoms with E-state index in [9.17, 15) is 4.79 Å². The topological polar surface area (TPSA) is 65.2 Å². The smallest absolute Gasteiger partial charge is 0.349 e. The van der Waals surface area contributed by atoms with Crippen LogP contribution in [-0.4, -0.2) is 16.2 Å².